The molecule has 0 aromatic carbocycles. The first-order valence-electron chi connectivity index (χ1n) is 7.17. The number of methoxy groups -OCH3 is 1. The summed E-state index contributed by atoms with van der Waals surface area (Å²) in [4.78, 5) is 0. The van der Waals surface area contributed by atoms with Crippen molar-refractivity contribution in [1.82, 2.24) is 0 Å². The normalized spacial score (nSPS) is 53.5. The van der Waals surface area contributed by atoms with Gasteiger partial charge in [0.1, 0.15) is 36.6 Å². The lowest BCUT2D eigenvalue weighted by Crippen LogP contribution is -2.63. The van der Waals surface area contributed by atoms with Gasteiger partial charge in [-0.1, -0.05) is 0 Å². The van der Waals surface area contributed by atoms with Gasteiger partial charge >= 0.3 is 0 Å². The molecule has 0 aromatic heterocycles. The van der Waals surface area contributed by atoms with E-state index in [0.717, 1.165) is 0 Å². The van der Waals surface area contributed by atoms with E-state index < -0.39 is 61.4 Å². The second kappa shape index (κ2) is 7.04. The Morgan fingerprint density at radius 2 is 1.23 bits per heavy atom. The molecule has 2 fully saturated rings. The number of ether oxygens (including phenoxy) is 4. The van der Waals surface area contributed by atoms with E-state index in [4.69, 9.17) is 18.9 Å². The van der Waals surface area contributed by atoms with Crippen LogP contribution in [-0.2, 0) is 18.9 Å². The Morgan fingerprint density at radius 1 is 0.682 bits per heavy atom. The van der Waals surface area contributed by atoms with Gasteiger partial charge in [-0.3, -0.25) is 0 Å². The maximum atomic E-state index is 10.1. The van der Waals surface area contributed by atoms with Crippen molar-refractivity contribution in [3.05, 3.63) is 0 Å². The maximum Gasteiger partial charge on any atom is 0.187 e. The summed E-state index contributed by atoms with van der Waals surface area (Å²) in [5.41, 5.74) is 0. The predicted molar refractivity (Wildman–Crippen MR) is 70.6 cm³/mol. The fourth-order valence-corrected chi connectivity index (χ4v) is 2.67. The van der Waals surface area contributed by atoms with E-state index in [-0.39, 0.29) is 0 Å². The number of aliphatic hydroxyl groups is 5. The van der Waals surface area contributed by atoms with Crippen LogP contribution in [0.15, 0.2) is 0 Å². The Labute approximate surface area is 128 Å². The molecular formula is C13H24O9. The van der Waals surface area contributed by atoms with Gasteiger partial charge in [0, 0.05) is 7.11 Å². The van der Waals surface area contributed by atoms with Gasteiger partial charge in [0.05, 0.1) is 12.2 Å². The Balaban J connectivity index is 2.06. The summed E-state index contributed by atoms with van der Waals surface area (Å²) in [5, 5.41) is 49.3. The third kappa shape index (κ3) is 3.28. The Hall–Kier alpha value is -0.360. The average Bonchev–Trinajstić information content (AvgIpc) is 2.49. The Bertz CT molecular complexity index is 367. The van der Waals surface area contributed by atoms with Gasteiger partial charge in [0.2, 0.25) is 0 Å². The standard InChI is InChI=1S/C13H24O9/c1-4-6(14)7(15)9(17)13(20-4)22-11-5(2)21-12(19-3)10(18)8(11)16/h4-18H,1-3H3. The second-order valence-electron chi connectivity index (χ2n) is 5.71. The molecule has 22 heavy (non-hydrogen) atoms. The van der Waals surface area contributed by atoms with E-state index in [2.05, 4.69) is 0 Å². The van der Waals surface area contributed by atoms with Crippen LogP contribution in [0, 0.1) is 0 Å². The molecule has 0 aromatic rings. The summed E-state index contributed by atoms with van der Waals surface area (Å²) in [6.07, 6.45) is -11.5. The van der Waals surface area contributed by atoms with Gasteiger partial charge in [0.15, 0.2) is 12.6 Å². The molecule has 2 saturated heterocycles. The quantitative estimate of drug-likeness (QED) is 0.376. The monoisotopic (exact) mass is 324 g/mol. The minimum absolute atomic E-state index is 0.654. The average molecular weight is 324 g/mol. The van der Waals surface area contributed by atoms with E-state index in [1.54, 1.807) is 6.92 Å². The molecule has 9 heteroatoms. The van der Waals surface area contributed by atoms with Gasteiger partial charge in [0.25, 0.3) is 0 Å². The molecular weight excluding hydrogens is 300 g/mol. The molecule has 130 valence electrons. The van der Waals surface area contributed by atoms with Crippen LogP contribution in [0.1, 0.15) is 13.8 Å². The molecule has 5 N–H and O–H groups in total. The van der Waals surface area contributed by atoms with Gasteiger partial charge in [-0.15, -0.1) is 0 Å². The Kier molecular flexibility index (Phi) is 5.75. The van der Waals surface area contributed by atoms with Crippen LogP contribution in [0.25, 0.3) is 0 Å². The van der Waals surface area contributed by atoms with E-state index >= 15 is 0 Å². The summed E-state index contributed by atoms with van der Waals surface area (Å²) in [5.74, 6) is 0. The molecule has 9 nitrogen and oxygen atoms in total. The highest BCUT2D eigenvalue weighted by Crippen LogP contribution is 2.28. The molecule has 0 saturated carbocycles. The lowest BCUT2D eigenvalue weighted by atomic mass is 9.97. The second-order valence-corrected chi connectivity index (χ2v) is 5.71. The molecule has 10 atom stereocenters. The Morgan fingerprint density at radius 3 is 1.82 bits per heavy atom. The molecule has 10 unspecified atom stereocenters. The molecule has 2 heterocycles. The van der Waals surface area contributed by atoms with Crippen LogP contribution in [-0.4, -0.2) is 94.1 Å². The van der Waals surface area contributed by atoms with Crippen molar-refractivity contribution in [2.75, 3.05) is 7.11 Å². The number of hydrogen-bond donors (Lipinski definition) is 5. The van der Waals surface area contributed by atoms with Crippen LogP contribution >= 0.6 is 0 Å². The van der Waals surface area contributed by atoms with E-state index in [1.165, 1.54) is 14.0 Å². The number of aliphatic hydroxyl groups excluding tert-OH is 5. The lowest BCUT2D eigenvalue weighted by Gasteiger charge is -2.45. The minimum Gasteiger partial charge on any atom is -0.388 e. The predicted octanol–water partition coefficient (Wildman–Crippen LogP) is -2.69. The first-order chi connectivity index (χ1) is 10.3. The molecule has 2 aliphatic heterocycles. The first-order valence-corrected chi connectivity index (χ1v) is 7.17. The summed E-state index contributed by atoms with van der Waals surface area (Å²) in [7, 11) is 1.34. The van der Waals surface area contributed by atoms with Crippen LogP contribution in [0.5, 0.6) is 0 Å². The zero-order chi connectivity index (χ0) is 16.6. The highest BCUT2D eigenvalue weighted by molar-refractivity contribution is 4.92. The highest BCUT2D eigenvalue weighted by atomic mass is 16.7. The van der Waals surface area contributed by atoms with Crippen molar-refractivity contribution in [3.63, 3.8) is 0 Å². The van der Waals surface area contributed by atoms with Crippen molar-refractivity contribution in [3.8, 4) is 0 Å². The van der Waals surface area contributed by atoms with Gasteiger partial charge < -0.3 is 44.5 Å². The molecule has 0 radical (unpaired) electrons. The third-order valence-electron chi connectivity index (χ3n) is 4.11. The molecule has 0 spiro atoms. The smallest absolute Gasteiger partial charge is 0.187 e. The van der Waals surface area contributed by atoms with E-state index in [0.29, 0.717) is 0 Å². The fourth-order valence-electron chi connectivity index (χ4n) is 2.67. The van der Waals surface area contributed by atoms with Crippen LogP contribution in [0.4, 0.5) is 0 Å². The van der Waals surface area contributed by atoms with Crippen molar-refractivity contribution in [2.24, 2.45) is 0 Å². The van der Waals surface area contributed by atoms with Crippen molar-refractivity contribution in [2.45, 2.75) is 75.3 Å². The lowest BCUT2D eigenvalue weighted by molar-refractivity contribution is -0.350. The third-order valence-corrected chi connectivity index (χ3v) is 4.11. The number of hydrogen-bond acceptors (Lipinski definition) is 9. The molecule has 2 aliphatic rings. The number of rotatable bonds is 3. The highest BCUT2D eigenvalue weighted by Gasteiger charge is 2.48. The van der Waals surface area contributed by atoms with Gasteiger partial charge in [-0.25, -0.2) is 0 Å². The van der Waals surface area contributed by atoms with Crippen molar-refractivity contribution in [1.29, 1.82) is 0 Å². The topological polar surface area (TPSA) is 138 Å². The summed E-state index contributed by atoms with van der Waals surface area (Å²) >= 11 is 0. The maximum absolute atomic E-state index is 10.1. The van der Waals surface area contributed by atoms with E-state index in [1.807, 2.05) is 0 Å². The molecule has 0 bridgehead atoms. The molecule has 2 rings (SSSR count). The van der Waals surface area contributed by atoms with Gasteiger partial charge in [-0.2, -0.15) is 0 Å². The van der Waals surface area contributed by atoms with E-state index in [9.17, 15) is 25.5 Å². The first kappa shape index (κ1) is 18.0. The largest absolute Gasteiger partial charge is 0.388 e. The zero-order valence-corrected chi connectivity index (χ0v) is 12.6. The van der Waals surface area contributed by atoms with Crippen LogP contribution in [0.3, 0.4) is 0 Å². The SMILES string of the molecule is COC1OC(C)C(OC2OC(C)C(O)C(O)C2O)C(O)C1O. The summed E-state index contributed by atoms with van der Waals surface area (Å²) in [6, 6.07) is 0. The molecule has 0 amide bonds. The van der Waals surface area contributed by atoms with Crippen molar-refractivity contribution < 1.29 is 44.5 Å². The van der Waals surface area contributed by atoms with Crippen LogP contribution in [0.2, 0.25) is 0 Å². The van der Waals surface area contributed by atoms with Gasteiger partial charge in [-0.05, 0) is 13.8 Å². The zero-order valence-electron chi connectivity index (χ0n) is 12.6. The molecule has 0 aliphatic carbocycles. The van der Waals surface area contributed by atoms with Crippen LogP contribution < -0.4 is 0 Å². The fraction of sp³-hybridized carbons (Fsp3) is 1.00. The summed E-state index contributed by atoms with van der Waals surface area (Å²) in [6.45, 7) is 3.12. The minimum atomic E-state index is -1.50. The summed E-state index contributed by atoms with van der Waals surface area (Å²) < 4.78 is 21.1. The van der Waals surface area contributed by atoms with Crippen molar-refractivity contribution >= 4 is 0 Å².